The molecular weight excluding hydrogens is 229 g/mol. The second kappa shape index (κ2) is 4.69. The lowest BCUT2D eigenvalue weighted by molar-refractivity contribution is 0.414. The molecule has 0 spiro atoms. The summed E-state index contributed by atoms with van der Waals surface area (Å²) in [7, 11) is 1.48. The van der Waals surface area contributed by atoms with E-state index in [2.05, 4.69) is 0 Å². The van der Waals surface area contributed by atoms with E-state index in [9.17, 15) is 4.39 Å². The number of aryl methyl sites for hydroxylation is 2. The molecule has 0 bridgehead atoms. The van der Waals surface area contributed by atoms with E-state index in [-0.39, 0.29) is 5.69 Å². The highest BCUT2D eigenvalue weighted by Gasteiger charge is 2.11. The van der Waals surface area contributed by atoms with Crippen LogP contribution in [0, 0.1) is 19.7 Å². The van der Waals surface area contributed by atoms with Crippen LogP contribution in [-0.2, 0) is 0 Å². The maximum absolute atomic E-state index is 13.7. The molecule has 0 aliphatic carbocycles. The van der Waals surface area contributed by atoms with Gasteiger partial charge in [-0.25, -0.2) is 4.39 Å². The Hall–Kier alpha value is -2.03. The van der Waals surface area contributed by atoms with E-state index < -0.39 is 5.82 Å². The van der Waals surface area contributed by atoms with Crippen molar-refractivity contribution in [3.05, 3.63) is 47.3 Å². The van der Waals surface area contributed by atoms with Crippen LogP contribution in [0.4, 0.5) is 10.1 Å². The summed E-state index contributed by atoms with van der Waals surface area (Å²) < 4.78 is 18.8. The average Bonchev–Trinajstić information content (AvgIpc) is 2.35. The maximum atomic E-state index is 13.7. The first kappa shape index (κ1) is 12.4. The molecule has 0 saturated heterocycles. The Labute approximate surface area is 106 Å². The molecule has 2 nitrogen and oxygen atoms in total. The third-order valence-electron chi connectivity index (χ3n) is 3.02. The number of nitrogens with two attached hydrogens (primary N) is 1. The van der Waals surface area contributed by atoms with Crippen molar-refractivity contribution in [2.45, 2.75) is 13.8 Å². The Bertz CT molecular complexity index is 593. The number of hydrogen-bond donors (Lipinski definition) is 1. The van der Waals surface area contributed by atoms with Crippen molar-refractivity contribution < 1.29 is 9.13 Å². The van der Waals surface area contributed by atoms with Crippen molar-refractivity contribution in [1.29, 1.82) is 0 Å². The first-order valence-electron chi connectivity index (χ1n) is 5.73. The SMILES string of the molecule is COc1cc(-c2cc(C)ccc2C)cc(F)c1N. The van der Waals surface area contributed by atoms with Crippen molar-refractivity contribution in [3.8, 4) is 16.9 Å². The van der Waals surface area contributed by atoms with Crippen LogP contribution in [0.5, 0.6) is 5.75 Å². The first-order chi connectivity index (χ1) is 8.52. The van der Waals surface area contributed by atoms with E-state index in [4.69, 9.17) is 10.5 Å². The van der Waals surface area contributed by atoms with E-state index in [1.807, 2.05) is 32.0 Å². The summed E-state index contributed by atoms with van der Waals surface area (Å²) in [6, 6.07) is 9.29. The Balaban J connectivity index is 2.64. The molecule has 0 unspecified atom stereocenters. The highest BCUT2D eigenvalue weighted by molar-refractivity contribution is 5.73. The number of benzene rings is 2. The molecule has 0 atom stereocenters. The summed E-state index contributed by atoms with van der Waals surface area (Å²) in [5, 5.41) is 0. The van der Waals surface area contributed by atoms with Gasteiger partial charge >= 0.3 is 0 Å². The Kier molecular flexibility index (Phi) is 3.24. The lowest BCUT2D eigenvalue weighted by Gasteiger charge is -2.11. The van der Waals surface area contributed by atoms with Crippen LogP contribution in [-0.4, -0.2) is 7.11 Å². The van der Waals surface area contributed by atoms with Gasteiger partial charge < -0.3 is 10.5 Å². The van der Waals surface area contributed by atoms with Gasteiger partial charge in [0.15, 0.2) is 5.82 Å². The topological polar surface area (TPSA) is 35.2 Å². The second-order valence-corrected chi connectivity index (χ2v) is 4.39. The summed E-state index contributed by atoms with van der Waals surface area (Å²) in [5.41, 5.74) is 9.65. The largest absolute Gasteiger partial charge is 0.494 e. The van der Waals surface area contributed by atoms with E-state index in [1.54, 1.807) is 6.07 Å². The molecule has 0 aliphatic rings. The van der Waals surface area contributed by atoms with Crippen molar-refractivity contribution in [2.24, 2.45) is 0 Å². The molecule has 2 aromatic rings. The van der Waals surface area contributed by atoms with Gasteiger partial charge in [0.25, 0.3) is 0 Å². The molecule has 18 heavy (non-hydrogen) atoms. The molecule has 2 rings (SSSR count). The standard InChI is InChI=1S/C15H16FNO/c1-9-4-5-10(2)12(6-9)11-7-13(16)15(17)14(8-11)18-3/h4-8H,17H2,1-3H3. The average molecular weight is 245 g/mol. The third-order valence-corrected chi connectivity index (χ3v) is 3.02. The normalized spacial score (nSPS) is 10.4. The lowest BCUT2D eigenvalue weighted by Crippen LogP contribution is -1.97. The lowest BCUT2D eigenvalue weighted by atomic mass is 9.98. The monoisotopic (exact) mass is 245 g/mol. The Morgan fingerprint density at radius 1 is 1.11 bits per heavy atom. The highest BCUT2D eigenvalue weighted by atomic mass is 19.1. The van der Waals surface area contributed by atoms with Crippen LogP contribution in [0.1, 0.15) is 11.1 Å². The number of rotatable bonds is 2. The second-order valence-electron chi connectivity index (χ2n) is 4.39. The van der Waals surface area contributed by atoms with Crippen LogP contribution in [0.15, 0.2) is 30.3 Å². The van der Waals surface area contributed by atoms with Gasteiger partial charge in [-0.2, -0.15) is 0 Å². The summed E-state index contributed by atoms with van der Waals surface area (Å²) in [6.45, 7) is 4.00. The van der Waals surface area contributed by atoms with Gasteiger partial charge in [0.1, 0.15) is 11.4 Å². The zero-order valence-electron chi connectivity index (χ0n) is 10.8. The van der Waals surface area contributed by atoms with Gasteiger partial charge in [-0.3, -0.25) is 0 Å². The number of anilines is 1. The number of methoxy groups -OCH3 is 1. The van der Waals surface area contributed by atoms with Gasteiger partial charge in [0.2, 0.25) is 0 Å². The summed E-state index contributed by atoms with van der Waals surface area (Å²) in [5.74, 6) is -0.0869. The number of hydrogen-bond acceptors (Lipinski definition) is 2. The number of halogens is 1. The summed E-state index contributed by atoms with van der Waals surface area (Å²) in [4.78, 5) is 0. The van der Waals surface area contributed by atoms with Crippen molar-refractivity contribution >= 4 is 5.69 Å². The smallest absolute Gasteiger partial charge is 0.150 e. The molecule has 0 fully saturated rings. The van der Waals surface area contributed by atoms with Gasteiger partial charge in [0.05, 0.1) is 7.11 Å². The first-order valence-corrected chi connectivity index (χ1v) is 5.73. The van der Waals surface area contributed by atoms with Crippen molar-refractivity contribution in [3.63, 3.8) is 0 Å². The molecule has 0 aliphatic heterocycles. The molecule has 94 valence electrons. The third kappa shape index (κ3) is 2.16. The fourth-order valence-corrected chi connectivity index (χ4v) is 1.96. The van der Waals surface area contributed by atoms with Gasteiger partial charge in [-0.1, -0.05) is 23.8 Å². The van der Waals surface area contributed by atoms with Crippen LogP contribution >= 0.6 is 0 Å². The molecule has 2 aromatic carbocycles. The van der Waals surface area contributed by atoms with E-state index >= 15 is 0 Å². The van der Waals surface area contributed by atoms with Crippen molar-refractivity contribution in [1.82, 2.24) is 0 Å². The minimum atomic E-state index is -0.453. The van der Waals surface area contributed by atoms with Gasteiger partial charge in [0, 0.05) is 0 Å². The molecule has 0 aromatic heterocycles. The van der Waals surface area contributed by atoms with Crippen LogP contribution in [0.3, 0.4) is 0 Å². The molecule has 0 saturated carbocycles. The maximum Gasteiger partial charge on any atom is 0.150 e. The fraction of sp³-hybridized carbons (Fsp3) is 0.200. The van der Waals surface area contributed by atoms with E-state index in [0.29, 0.717) is 5.75 Å². The molecular formula is C15H16FNO. The number of nitrogen functional groups attached to an aromatic ring is 1. The molecule has 0 radical (unpaired) electrons. The minimum absolute atomic E-state index is 0.0477. The quantitative estimate of drug-likeness (QED) is 0.819. The molecule has 3 heteroatoms. The van der Waals surface area contributed by atoms with Crippen LogP contribution < -0.4 is 10.5 Å². The zero-order valence-corrected chi connectivity index (χ0v) is 10.8. The molecule has 0 heterocycles. The summed E-state index contributed by atoms with van der Waals surface area (Å²) in [6.07, 6.45) is 0. The van der Waals surface area contributed by atoms with Crippen LogP contribution in [0.2, 0.25) is 0 Å². The van der Waals surface area contributed by atoms with Crippen LogP contribution in [0.25, 0.3) is 11.1 Å². The molecule has 2 N–H and O–H groups in total. The molecule has 0 amide bonds. The fourth-order valence-electron chi connectivity index (χ4n) is 1.96. The Morgan fingerprint density at radius 2 is 1.83 bits per heavy atom. The number of ether oxygens (including phenoxy) is 1. The van der Waals surface area contributed by atoms with Gasteiger partial charge in [-0.15, -0.1) is 0 Å². The predicted octanol–water partition coefficient (Wildman–Crippen LogP) is 3.70. The van der Waals surface area contributed by atoms with E-state index in [1.165, 1.54) is 13.2 Å². The van der Waals surface area contributed by atoms with E-state index in [0.717, 1.165) is 22.3 Å². The highest BCUT2D eigenvalue weighted by Crippen LogP contribution is 2.33. The van der Waals surface area contributed by atoms with Gasteiger partial charge in [-0.05, 0) is 42.7 Å². The Morgan fingerprint density at radius 3 is 2.50 bits per heavy atom. The predicted molar refractivity (Wildman–Crippen MR) is 72.3 cm³/mol. The zero-order chi connectivity index (χ0) is 13.3. The summed E-state index contributed by atoms with van der Waals surface area (Å²) >= 11 is 0. The minimum Gasteiger partial charge on any atom is -0.494 e. The van der Waals surface area contributed by atoms with Crippen molar-refractivity contribution in [2.75, 3.05) is 12.8 Å².